The Labute approximate surface area is 192 Å². The van der Waals surface area contributed by atoms with Gasteiger partial charge in [-0.1, -0.05) is 72.8 Å². The lowest BCUT2D eigenvalue weighted by molar-refractivity contribution is -0.135. The third-order valence-electron chi connectivity index (χ3n) is 6.53. The number of fused-ring (bicyclic) bond motifs is 5. The first-order chi connectivity index (χ1) is 16.2. The second-order valence-electron chi connectivity index (χ2n) is 8.42. The third kappa shape index (κ3) is 3.33. The summed E-state index contributed by atoms with van der Waals surface area (Å²) in [5, 5.41) is 4.91. The molecule has 0 bridgehead atoms. The van der Waals surface area contributed by atoms with Gasteiger partial charge in [0.25, 0.3) is 0 Å². The molecule has 0 amide bonds. The molecule has 1 aliphatic carbocycles. The number of hydrogen-bond acceptors (Lipinski definition) is 3. The number of ether oxygens (including phenoxy) is 2. The van der Waals surface area contributed by atoms with Crippen LogP contribution in [0.15, 0.2) is 102 Å². The number of carbonyl (C=O) groups is 1. The van der Waals surface area contributed by atoms with Gasteiger partial charge in [-0.25, -0.2) is 4.79 Å². The highest BCUT2D eigenvalue weighted by Gasteiger charge is 2.28. The average molecular weight is 431 g/mol. The van der Waals surface area contributed by atoms with Crippen LogP contribution in [0.3, 0.4) is 0 Å². The molecule has 4 aromatic carbocycles. The van der Waals surface area contributed by atoms with Crippen LogP contribution >= 0.6 is 0 Å². The van der Waals surface area contributed by atoms with Crippen molar-refractivity contribution in [2.75, 3.05) is 7.11 Å². The summed E-state index contributed by atoms with van der Waals surface area (Å²) in [6.07, 6.45) is 5.23. The topological polar surface area (TPSA) is 35.5 Å². The molecule has 3 heteroatoms. The van der Waals surface area contributed by atoms with E-state index in [-0.39, 0.29) is 0 Å². The predicted octanol–water partition coefficient (Wildman–Crippen LogP) is 6.82. The van der Waals surface area contributed by atoms with Crippen LogP contribution < -0.4 is 0 Å². The number of esters is 1. The summed E-state index contributed by atoms with van der Waals surface area (Å²) in [6, 6.07) is 27.7. The molecule has 0 atom stereocenters. The first-order valence-corrected chi connectivity index (χ1v) is 11.1. The molecule has 0 N–H and O–H groups in total. The maximum atomic E-state index is 12.0. The molecule has 3 nitrogen and oxygen atoms in total. The van der Waals surface area contributed by atoms with Crippen LogP contribution in [-0.4, -0.2) is 13.1 Å². The summed E-state index contributed by atoms with van der Waals surface area (Å²) >= 11 is 0. The number of aryl methyl sites for hydroxylation is 1. The van der Waals surface area contributed by atoms with Crippen molar-refractivity contribution in [3.8, 4) is 0 Å². The van der Waals surface area contributed by atoms with Gasteiger partial charge in [-0.15, -0.1) is 0 Å². The summed E-state index contributed by atoms with van der Waals surface area (Å²) in [6.45, 7) is 0. The SMILES string of the molecule is COC(=O)/C=C1\C=C(c2ccc3c(ccc4ccccc43)c2)C2=C(O1)c1ccccc1CC2. The predicted molar refractivity (Wildman–Crippen MR) is 132 cm³/mol. The van der Waals surface area contributed by atoms with Crippen molar-refractivity contribution in [2.24, 2.45) is 0 Å². The number of methoxy groups -OCH3 is 1. The first kappa shape index (κ1) is 19.6. The van der Waals surface area contributed by atoms with Crippen LogP contribution in [0.2, 0.25) is 0 Å². The van der Waals surface area contributed by atoms with Crippen molar-refractivity contribution < 1.29 is 14.3 Å². The van der Waals surface area contributed by atoms with Crippen molar-refractivity contribution in [3.05, 3.63) is 119 Å². The van der Waals surface area contributed by atoms with Gasteiger partial charge in [0, 0.05) is 11.1 Å². The molecule has 1 aliphatic heterocycles. The fraction of sp³-hybridized carbons (Fsp3) is 0.100. The van der Waals surface area contributed by atoms with Gasteiger partial charge in [0.15, 0.2) is 0 Å². The van der Waals surface area contributed by atoms with E-state index in [0.717, 1.165) is 35.3 Å². The largest absolute Gasteiger partial charge is 0.466 e. The monoisotopic (exact) mass is 430 g/mol. The fourth-order valence-corrected chi connectivity index (χ4v) is 4.93. The van der Waals surface area contributed by atoms with Crippen molar-refractivity contribution in [2.45, 2.75) is 12.8 Å². The minimum atomic E-state index is -0.432. The number of benzene rings is 4. The third-order valence-corrected chi connectivity index (χ3v) is 6.53. The molecule has 0 saturated carbocycles. The zero-order valence-electron chi connectivity index (χ0n) is 18.3. The molecular weight excluding hydrogens is 408 g/mol. The van der Waals surface area contributed by atoms with Gasteiger partial charge < -0.3 is 9.47 Å². The Morgan fingerprint density at radius 1 is 0.879 bits per heavy atom. The smallest absolute Gasteiger partial charge is 0.334 e. The average Bonchev–Trinajstić information content (AvgIpc) is 2.87. The van der Waals surface area contributed by atoms with E-state index in [0.29, 0.717) is 5.76 Å². The number of rotatable bonds is 2. The quantitative estimate of drug-likeness (QED) is 0.199. The van der Waals surface area contributed by atoms with E-state index in [1.165, 1.54) is 45.9 Å². The fourth-order valence-electron chi connectivity index (χ4n) is 4.93. The molecule has 0 aromatic heterocycles. The van der Waals surface area contributed by atoms with Crippen molar-refractivity contribution in [1.82, 2.24) is 0 Å². The molecule has 4 aromatic rings. The standard InChI is InChI=1S/C30H22O3/c1-32-29(31)18-23-17-28(27-15-12-20-7-3-5-9-26(20)30(27)33-23)22-13-14-25-21(16-22)11-10-19-6-2-4-8-24(19)25/h2-11,13-14,16-18H,12,15H2,1H3/b23-18+. The van der Waals surface area contributed by atoms with Crippen LogP contribution in [0.1, 0.15) is 23.1 Å². The summed E-state index contributed by atoms with van der Waals surface area (Å²) in [5.41, 5.74) is 5.74. The van der Waals surface area contributed by atoms with Gasteiger partial charge in [-0.2, -0.15) is 0 Å². The van der Waals surface area contributed by atoms with Gasteiger partial charge >= 0.3 is 5.97 Å². The van der Waals surface area contributed by atoms with E-state index in [2.05, 4.69) is 72.8 Å². The molecule has 160 valence electrons. The second-order valence-corrected chi connectivity index (χ2v) is 8.42. The summed E-state index contributed by atoms with van der Waals surface area (Å²) in [7, 11) is 1.38. The van der Waals surface area contributed by atoms with Crippen LogP contribution in [0.4, 0.5) is 0 Å². The first-order valence-electron chi connectivity index (χ1n) is 11.1. The number of hydrogen-bond donors (Lipinski definition) is 0. The van der Waals surface area contributed by atoms with Crippen molar-refractivity contribution in [3.63, 3.8) is 0 Å². The second kappa shape index (κ2) is 7.79. The van der Waals surface area contributed by atoms with E-state index in [1.54, 1.807) is 0 Å². The molecule has 1 heterocycles. The Balaban J connectivity index is 1.55. The molecule has 0 radical (unpaired) electrons. The molecule has 2 aliphatic rings. The highest BCUT2D eigenvalue weighted by atomic mass is 16.5. The Kier molecular flexibility index (Phi) is 4.62. The molecule has 0 fully saturated rings. The van der Waals surface area contributed by atoms with Crippen LogP contribution in [0, 0.1) is 0 Å². The van der Waals surface area contributed by atoms with E-state index in [1.807, 2.05) is 12.1 Å². The molecular formula is C30H22O3. The minimum absolute atomic E-state index is 0.432. The summed E-state index contributed by atoms with van der Waals surface area (Å²) in [5.74, 6) is 0.896. The Bertz CT molecular complexity index is 1540. The summed E-state index contributed by atoms with van der Waals surface area (Å²) in [4.78, 5) is 12.0. The van der Waals surface area contributed by atoms with Crippen LogP contribution in [0.25, 0.3) is 32.9 Å². The lowest BCUT2D eigenvalue weighted by Crippen LogP contribution is -2.13. The van der Waals surface area contributed by atoms with E-state index < -0.39 is 5.97 Å². The Hall–Kier alpha value is -4.11. The van der Waals surface area contributed by atoms with Gasteiger partial charge in [-0.05, 0) is 63.2 Å². The zero-order valence-corrected chi connectivity index (χ0v) is 18.3. The van der Waals surface area contributed by atoms with Crippen molar-refractivity contribution in [1.29, 1.82) is 0 Å². The number of allylic oxidation sites excluding steroid dienone is 3. The van der Waals surface area contributed by atoms with Gasteiger partial charge in [0.05, 0.1) is 13.2 Å². The lowest BCUT2D eigenvalue weighted by atomic mass is 9.82. The lowest BCUT2D eigenvalue weighted by Gasteiger charge is -2.29. The van der Waals surface area contributed by atoms with Gasteiger partial charge in [0.1, 0.15) is 11.5 Å². The maximum absolute atomic E-state index is 12.0. The molecule has 0 saturated heterocycles. The van der Waals surface area contributed by atoms with Gasteiger partial charge in [0.2, 0.25) is 0 Å². The van der Waals surface area contributed by atoms with E-state index >= 15 is 0 Å². The van der Waals surface area contributed by atoms with Crippen molar-refractivity contribution >= 4 is 38.8 Å². The Morgan fingerprint density at radius 2 is 1.67 bits per heavy atom. The molecule has 0 unspecified atom stereocenters. The number of carbonyl (C=O) groups excluding carboxylic acids is 1. The Morgan fingerprint density at radius 3 is 2.58 bits per heavy atom. The van der Waals surface area contributed by atoms with Crippen LogP contribution in [0.5, 0.6) is 0 Å². The van der Waals surface area contributed by atoms with E-state index in [9.17, 15) is 4.79 Å². The van der Waals surface area contributed by atoms with Gasteiger partial charge in [-0.3, -0.25) is 0 Å². The maximum Gasteiger partial charge on any atom is 0.334 e. The van der Waals surface area contributed by atoms with E-state index in [4.69, 9.17) is 9.47 Å². The van der Waals surface area contributed by atoms with Crippen LogP contribution in [-0.2, 0) is 20.7 Å². The summed E-state index contributed by atoms with van der Waals surface area (Å²) < 4.78 is 11.1. The normalized spacial score (nSPS) is 16.3. The molecule has 0 spiro atoms. The zero-order chi connectivity index (χ0) is 22.4. The molecule has 33 heavy (non-hydrogen) atoms. The highest BCUT2D eigenvalue weighted by molar-refractivity contribution is 6.08. The molecule has 6 rings (SSSR count). The highest BCUT2D eigenvalue weighted by Crippen LogP contribution is 2.44. The minimum Gasteiger partial charge on any atom is -0.466 e.